The molecule has 0 aromatic heterocycles. The second-order valence-corrected chi connectivity index (χ2v) is 6.78. The Balaban J connectivity index is 2.20. The summed E-state index contributed by atoms with van der Waals surface area (Å²) in [6.45, 7) is 0.715. The van der Waals surface area contributed by atoms with Crippen molar-refractivity contribution in [2.45, 2.75) is 30.2 Å². The van der Waals surface area contributed by atoms with Gasteiger partial charge in [0.25, 0.3) is 0 Å². The Morgan fingerprint density at radius 1 is 1.28 bits per heavy atom. The van der Waals surface area contributed by atoms with Crippen molar-refractivity contribution < 1.29 is 13.5 Å². The molecule has 0 aliphatic heterocycles. The topological polar surface area (TPSA) is 57.6 Å². The number of hydrogen-bond donors (Lipinski definition) is 1. The molecule has 0 heterocycles. The van der Waals surface area contributed by atoms with Crippen LogP contribution in [0.15, 0.2) is 29.2 Å². The Morgan fingerprint density at radius 2 is 1.89 bits per heavy atom. The Bertz CT molecular complexity index is 491. The predicted octanol–water partition coefficient (Wildman–Crippen LogP) is 1.44. The van der Waals surface area contributed by atoms with E-state index >= 15 is 0 Å². The van der Waals surface area contributed by atoms with Gasteiger partial charge in [-0.15, -0.1) is 0 Å². The second-order valence-electron chi connectivity index (χ2n) is 4.77. The fourth-order valence-electron chi connectivity index (χ4n) is 2.21. The molecular formula is C13H19NO3S. The second kappa shape index (κ2) is 5.28. The quantitative estimate of drug-likeness (QED) is 0.879. The monoisotopic (exact) mass is 269 g/mol. The molecule has 18 heavy (non-hydrogen) atoms. The lowest BCUT2D eigenvalue weighted by molar-refractivity contribution is 0.283. The van der Waals surface area contributed by atoms with Gasteiger partial charge in [-0.1, -0.05) is 0 Å². The van der Waals surface area contributed by atoms with Gasteiger partial charge >= 0.3 is 0 Å². The minimum atomic E-state index is -3.14. The van der Waals surface area contributed by atoms with Crippen LogP contribution in [-0.4, -0.2) is 39.0 Å². The average molecular weight is 269 g/mol. The molecule has 5 heteroatoms. The van der Waals surface area contributed by atoms with Crippen LogP contribution in [0.5, 0.6) is 0 Å². The van der Waals surface area contributed by atoms with Crippen molar-refractivity contribution in [1.82, 2.24) is 0 Å². The van der Waals surface area contributed by atoms with Crippen LogP contribution in [0.4, 0.5) is 5.69 Å². The van der Waals surface area contributed by atoms with E-state index < -0.39 is 9.84 Å². The van der Waals surface area contributed by atoms with E-state index in [1.165, 1.54) is 12.7 Å². The highest BCUT2D eigenvalue weighted by Crippen LogP contribution is 2.29. The van der Waals surface area contributed by atoms with Crippen LogP contribution in [0.3, 0.4) is 0 Å². The van der Waals surface area contributed by atoms with Gasteiger partial charge in [-0.3, -0.25) is 0 Å². The van der Waals surface area contributed by atoms with Gasteiger partial charge in [-0.2, -0.15) is 0 Å². The van der Waals surface area contributed by atoms with Crippen molar-refractivity contribution in [3.8, 4) is 0 Å². The van der Waals surface area contributed by atoms with E-state index in [-0.39, 0.29) is 6.61 Å². The summed E-state index contributed by atoms with van der Waals surface area (Å²) in [6, 6.07) is 7.40. The minimum absolute atomic E-state index is 0.115. The number of aliphatic hydroxyl groups excluding tert-OH is 1. The summed E-state index contributed by atoms with van der Waals surface area (Å²) in [7, 11) is -3.14. The fourth-order valence-corrected chi connectivity index (χ4v) is 2.84. The van der Waals surface area contributed by atoms with Crippen molar-refractivity contribution in [1.29, 1.82) is 0 Å². The van der Waals surface area contributed by atoms with Crippen molar-refractivity contribution in [2.24, 2.45) is 0 Å². The molecule has 100 valence electrons. The lowest BCUT2D eigenvalue weighted by Gasteiger charge is -2.39. The molecule has 1 aliphatic carbocycles. The van der Waals surface area contributed by atoms with Crippen molar-refractivity contribution in [3.05, 3.63) is 24.3 Å². The van der Waals surface area contributed by atoms with E-state index in [2.05, 4.69) is 4.90 Å². The summed E-state index contributed by atoms with van der Waals surface area (Å²) >= 11 is 0. The first-order valence-corrected chi connectivity index (χ1v) is 8.09. The standard InChI is InChI=1S/C13H19NO3S/c1-18(16,17)13-7-5-12(6-8-13)14(9-10-15)11-3-2-4-11/h5-8,11,15H,2-4,9-10H2,1H3. The van der Waals surface area contributed by atoms with Crippen LogP contribution >= 0.6 is 0 Å². The highest BCUT2D eigenvalue weighted by atomic mass is 32.2. The summed E-state index contributed by atoms with van der Waals surface area (Å²) in [5.41, 5.74) is 0.987. The SMILES string of the molecule is CS(=O)(=O)c1ccc(N(CCO)C2CCC2)cc1. The zero-order valence-corrected chi connectivity index (χ0v) is 11.4. The first kappa shape index (κ1) is 13.4. The number of hydrogen-bond acceptors (Lipinski definition) is 4. The summed E-state index contributed by atoms with van der Waals surface area (Å²) in [5, 5.41) is 9.11. The van der Waals surface area contributed by atoms with E-state index in [9.17, 15) is 8.42 Å². The maximum absolute atomic E-state index is 11.4. The molecule has 1 N–H and O–H groups in total. The molecule has 1 aromatic carbocycles. The molecule has 0 amide bonds. The average Bonchev–Trinajstić information content (AvgIpc) is 2.25. The van der Waals surface area contributed by atoms with Crippen LogP contribution in [0.25, 0.3) is 0 Å². The maximum Gasteiger partial charge on any atom is 0.175 e. The van der Waals surface area contributed by atoms with Gasteiger partial charge in [0.1, 0.15) is 0 Å². The Kier molecular flexibility index (Phi) is 3.92. The molecule has 0 spiro atoms. The first-order valence-electron chi connectivity index (χ1n) is 6.20. The zero-order chi connectivity index (χ0) is 13.2. The van der Waals surface area contributed by atoms with E-state index in [1.54, 1.807) is 12.1 Å². The van der Waals surface area contributed by atoms with Gasteiger partial charge in [0.2, 0.25) is 0 Å². The summed E-state index contributed by atoms with van der Waals surface area (Å²) in [5.74, 6) is 0. The smallest absolute Gasteiger partial charge is 0.175 e. The highest BCUT2D eigenvalue weighted by Gasteiger charge is 2.24. The minimum Gasteiger partial charge on any atom is -0.395 e. The van der Waals surface area contributed by atoms with E-state index in [0.717, 1.165) is 18.5 Å². The summed E-state index contributed by atoms with van der Waals surface area (Å²) in [6.07, 6.45) is 4.73. The van der Waals surface area contributed by atoms with Gasteiger partial charge in [0.15, 0.2) is 9.84 Å². The zero-order valence-electron chi connectivity index (χ0n) is 10.5. The molecule has 0 unspecified atom stereocenters. The predicted molar refractivity (Wildman–Crippen MR) is 71.6 cm³/mol. The molecule has 0 atom stereocenters. The third kappa shape index (κ3) is 2.84. The van der Waals surface area contributed by atoms with Gasteiger partial charge in [-0.25, -0.2) is 8.42 Å². The first-order chi connectivity index (χ1) is 8.52. The number of rotatable bonds is 5. The van der Waals surface area contributed by atoms with Gasteiger partial charge < -0.3 is 10.0 Å². The van der Waals surface area contributed by atoms with Gasteiger partial charge in [0.05, 0.1) is 11.5 Å². The Labute approximate surface area is 108 Å². The molecule has 1 fully saturated rings. The van der Waals surface area contributed by atoms with Crippen LogP contribution in [0, 0.1) is 0 Å². The van der Waals surface area contributed by atoms with Crippen molar-refractivity contribution in [3.63, 3.8) is 0 Å². The molecule has 0 bridgehead atoms. The highest BCUT2D eigenvalue weighted by molar-refractivity contribution is 7.90. The molecule has 1 aromatic rings. The summed E-state index contributed by atoms with van der Waals surface area (Å²) < 4.78 is 22.8. The van der Waals surface area contributed by atoms with Gasteiger partial charge in [0, 0.05) is 24.5 Å². The molecule has 0 radical (unpaired) electrons. The Hall–Kier alpha value is -1.07. The molecule has 1 saturated carbocycles. The molecule has 1 aliphatic rings. The van der Waals surface area contributed by atoms with Gasteiger partial charge in [-0.05, 0) is 43.5 Å². The molecule has 4 nitrogen and oxygen atoms in total. The summed E-state index contributed by atoms with van der Waals surface area (Å²) in [4.78, 5) is 2.50. The van der Waals surface area contributed by atoms with Crippen LogP contribution < -0.4 is 4.90 Å². The van der Waals surface area contributed by atoms with E-state index in [4.69, 9.17) is 5.11 Å². The number of nitrogens with zero attached hydrogens (tertiary/aromatic N) is 1. The third-order valence-electron chi connectivity index (χ3n) is 3.45. The molecular weight excluding hydrogens is 250 g/mol. The van der Waals surface area contributed by atoms with Crippen LogP contribution in [0.1, 0.15) is 19.3 Å². The van der Waals surface area contributed by atoms with E-state index in [1.807, 2.05) is 12.1 Å². The lowest BCUT2D eigenvalue weighted by Crippen LogP contribution is -2.41. The molecule has 0 saturated heterocycles. The maximum atomic E-state index is 11.4. The lowest BCUT2D eigenvalue weighted by atomic mass is 9.91. The number of benzene rings is 1. The largest absolute Gasteiger partial charge is 0.395 e. The van der Waals surface area contributed by atoms with Crippen molar-refractivity contribution >= 4 is 15.5 Å². The normalized spacial score (nSPS) is 16.3. The van der Waals surface area contributed by atoms with Crippen LogP contribution in [0.2, 0.25) is 0 Å². The number of anilines is 1. The third-order valence-corrected chi connectivity index (χ3v) is 4.58. The molecule has 2 rings (SSSR count). The van der Waals surface area contributed by atoms with Crippen molar-refractivity contribution in [2.75, 3.05) is 24.3 Å². The fraction of sp³-hybridized carbons (Fsp3) is 0.538. The van der Waals surface area contributed by atoms with Crippen LogP contribution in [-0.2, 0) is 9.84 Å². The van der Waals surface area contributed by atoms with E-state index in [0.29, 0.717) is 17.5 Å². The Morgan fingerprint density at radius 3 is 2.28 bits per heavy atom. The number of sulfone groups is 1. The number of aliphatic hydroxyl groups is 1.